The number of alkyl halides is 1. The van der Waals surface area contributed by atoms with E-state index >= 15 is 0 Å². The van der Waals surface area contributed by atoms with E-state index in [-0.39, 0.29) is 0 Å². The molecule has 1 saturated heterocycles. The first-order valence-electron chi connectivity index (χ1n) is 7.49. The topological polar surface area (TPSA) is 34.0 Å². The summed E-state index contributed by atoms with van der Waals surface area (Å²) < 4.78 is 2.23. The Labute approximate surface area is 135 Å². The lowest BCUT2D eigenvalue weighted by Gasteiger charge is -2.23. The smallest absolute Gasteiger partial charge is 0.160 e. The van der Waals surface area contributed by atoms with Crippen LogP contribution in [0.5, 0.6) is 0 Å². The van der Waals surface area contributed by atoms with Crippen LogP contribution in [0.1, 0.15) is 31.6 Å². The molecule has 2 aromatic heterocycles. The summed E-state index contributed by atoms with van der Waals surface area (Å²) in [5.41, 5.74) is 1.77. The number of nitrogens with zero attached hydrogens (tertiary/aromatic N) is 4. The number of imidazole rings is 1. The molecule has 0 aromatic carbocycles. The van der Waals surface area contributed by atoms with Gasteiger partial charge in [-0.2, -0.15) is 0 Å². The lowest BCUT2D eigenvalue weighted by Crippen LogP contribution is -2.28. The molecule has 0 aliphatic carbocycles. The fourth-order valence-corrected chi connectivity index (χ4v) is 3.47. The molecule has 4 nitrogen and oxygen atoms in total. The first kappa shape index (κ1) is 15.1. The minimum Gasteiger partial charge on any atom is -0.309 e. The molecule has 1 fully saturated rings. The van der Waals surface area contributed by atoms with Crippen molar-refractivity contribution in [3.05, 3.63) is 23.1 Å². The fourth-order valence-electron chi connectivity index (χ4n) is 3.15. The monoisotopic (exact) mass is 326 g/mol. The van der Waals surface area contributed by atoms with Crippen LogP contribution >= 0.6 is 23.2 Å². The number of halogens is 2. The average molecular weight is 327 g/mol. The van der Waals surface area contributed by atoms with Crippen LogP contribution in [0.25, 0.3) is 11.2 Å². The zero-order chi connectivity index (χ0) is 14.8. The number of aryl methyl sites for hydroxylation is 1. The lowest BCUT2D eigenvalue weighted by atomic mass is 10.3. The van der Waals surface area contributed by atoms with Gasteiger partial charge in [0.2, 0.25) is 0 Å². The first-order chi connectivity index (χ1) is 10.2. The van der Waals surface area contributed by atoms with Crippen molar-refractivity contribution in [1.29, 1.82) is 0 Å². The highest BCUT2D eigenvalue weighted by atomic mass is 35.5. The Morgan fingerprint density at radius 2 is 2.10 bits per heavy atom. The van der Waals surface area contributed by atoms with Crippen molar-refractivity contribution in [1.82, 2.24) is 19.4 Å². The summed E-state index contributed by atoms with van der Waals surface area (Å²) >= 11 is 12.0. The molecule has 0 amide bonds. The van der Waals surface area contributed by atoms with Crippen molar-refractivity contribution >= 4 is 34.4 Å². The molecule has 114 valence electrons. The maximum absolute atomic E-state index is 6.03. The van der Waals surface area contributed by atoms with Crippen LogP contribution in [0, 0.1) is 0 Å². The summed E-state index contributed by atoms with van der Waals surface area (Å²) in [5.74, 6) is 1.56. The summed E-state index contributed by atoms with van der Waals surface area (Å²) in [4.78, 5) is 11.7. The molecule has 3 rings (SSSR count). The van der Waals surface area contributed by atoms with Gasteiger partial charge in [0.1, 0.15) is 11.3 Å². The van der Waals surface area contributed by atoms with Crippen LogP contribution in [0.4, 0.5) is 0 Å². The third-order valence-corrected chi connectivity index (χ3v) is 4.45. The second-order valence-corrected chi connectivity index (χ2v) is 6.50. The highest BCUT2D eigenvalue weighted by Crippen LogP contribution is 2.24. The van der Waals surface area contributed by atoms with E-state index in [1.807, 2.05) is 6.07 Å². The Bertz CT molecular complexity index is 619. The van der Waals surface area contributed by atoms with E-state index in [2.05, 4.69) is 26.4 Å². The Morgan fingerprint density at radius 1 is 1.33 bits per heavy atom. The van der Waals surface area contributed by atoms with Crippen LogP contribution in [-0.2, 0) is 6.42 Å². The van der Waals surface area contributed by atoms with Gasteiger partial charge in [0.05, 0.1) is 5.02 Å². The second-order valence-electron chi connectivity index (χ2n) is 5.69. The Kier molecular flexibility index (Phi) is 4.67. The number of aromatic nitrogens is 3. The summed E-state index contributed by atoms with van der Waals surface area (Å²) in [6.45, 7) is 5.65. The number of pyridine rings is 1. The molecule has 1 atom stereocenters. The van der Waals surface area contributed by atoms with E-state index in [1.54, 1.807) is 6.20 Å². The van der Waals surface area contributed by atoms with Crippen LogP contribution in [0.2, 0.25) is 5.02 Å². The molecule has 1 unspecified atom stereocenters. The quantitative estimate of drug-likeness (QED) is 0.788. The number of hydrogen-bond acceptors (Lipinski definition) is 3. The number of fused-ring (bicyclic) bond motifs is 1. The van der Waals surface area contributed by atoms with Gasteiger partial charge in [-0.25, -0.2) is 9.97 Å². The number of rotatable bonds is 5. The predicted octanol–water partition coefficient (Wildman–Crippen LogP) is 3.52. The van der Waals surface area contributed by atoms with E-state index in [4.69, 9.17) is 23.2 Å². The van der Waals surface area contributed by atoms with Crippen molar-refractivity contribution in [3.8, 4) is 0 Å². The molecular formula is C15H20Cl2N4. The third kappa shape index (κ3) is 3.17. The van der Waals surface area contributed by atoms with Crippen molar-refractivity contribution in [3.63, 3.8) is 0 Å². The summed E-state index contributed by atoms with van der Waals surface area (Å²) in [7, 11) is 0. The van der Waals surface area contributed by atoms with Gasteiger partial charge in [0.15, 0.2) is 5.65 Å². The highest BCUT2D eigenvalue weighted by molar-refractivity contribution is 6.31. The Hall–Kier alpha value is -0.840. The maximum Gasteiger partial charge on any atom is 0.160 e. The first-order valence-corrected chi connectivity index (χ1v) is 8.41. The van der Waals surface area contributed by atoms with Gasteiger partial charge in [0, 0.05) is 31.1 Å². The third-order valence-electron chi connectivity index (χ3n) is 4.05. The molecule has 1 aliphatic heterocycles. The molecule has 6 heteroatoms. The normalized spacial score (nSPS) is 17.7. The molecule has 3 heterocycles. The second kappa shape index (κ2) is 6.51. The molecule has 0 bridgehead atoms. The SMILES string of the molecule is CC(CN1CCCC1)n1c(CCCl)nc2cc(Cl)cnc21. The summed E-state index contributed by atoms with van der Waals surface area (Å²) in [5, 5.41) is 0.622. The van der Waals surface area contributed by atoms with E-state index < -0.39 is 0 Å². The lowest BCUT2D eigenvalue weighted by molar-refractivity contribution is 0.287. The van der Waals surface area contributed by atoms with E-state index in [1.165, 1.54) is 25.9 Å². The van der Waals surface area contributed by atoms with Gasteiger partial charge >= 0.3 is 0 Å². The molecule has 0 spiro atoms. The number of likely N-dealkylation sites (tertiary alicyclic amines) is 1. The van der Waals surface area contributed by atoms with Gasteiger partial charge < -0.3 is 9.47 Å². The van der Waals surface area contributed by atoms with Gasteiger partial charge in [-0.1, -0.05) is 11.6 Å². The zero-order valence-corrected chi connectivity index (χ0v) is 13.7. The fraction of sp³-hybridized carbons (Fsp3) is 0.600. The van der Waals surface area contributed by atoms with Gasteiger partial charge in [-0.3, -0.25) is 0 Å². The molecular weight excluding hydrogens is 307 g/mol. The molecule has 0 N–H and O–H groups in total. The van der Waals surface area contributed by atoms with E-state index in [0.29, 0.717) is 16.9 Å². The molecule has 21 heavy (non-hydrogen) atoms. The van der Waals surface area contributed by atoms with Crippen molar-refractivity contribution < 1.29 is 0 Å². The summed E-state index contributed by atoms with van der Waals surface area (Å²) in [6, 6.07) is 2.21. The van der Waals surface area contributed by atoms with Crippen molar-refractivity contribution in [2.45, 2.75) is 32.2 Å². The van der Waals surface area contributed by atoms with Gasteiger partial charge in [0.25, 0.3) is 0 Å². The Morgan fingerprint density at radius 3 is 2.81 bits per heavy atom. The van der Waals surface area contributed by atoms with Crippen LogP contribution in [0.15, 0.2) is 12.3 Å². The molecule has 0 radical (unpaired) electrons. The maximum atomic E-state index is 6.03. The standard InChI is InChI=1S/C15H20Cl2N4/c1-11(10-20-6-2-3-7-20)21-14(4-5-16)19-13-8-12(17)9-18-15(13)21/h8-9,11H,2-7,10H2,1H3. The van der Waals surface area contributed by atoms with E-state index in [9.17, 15) is 0 Å². The van der Waals surface area contributed by atoms with E-state index in [0.717, 1.165) is 30.0 Å². The number of hydrogen-bond donors (Lipinski definition) is 0. The summed E-state index contributed by atoms with van der Waals surface area (Å²) in [6.07, 6.45) is 5.05. The van der Waals surface area contributed by atoms with Crippen molar-refractivity contribution in [2.24, 2.45) is 0 Å². The highest BCUT2D eigenvalue weighted by Gasteiger charge is 2.20. The Balaban J connectivity index is 1.95. The molecule has 0 saturated carbocycles. The van der Waals surface area contributed by atoms with Crippen LogP contribution in [-0.4, -0.2) is 44.9 Å². The van der Waals surface area contributed by atoms with Gasteiger partial charge in [-0.15, -0.1) is 11.6 Å². The van der Waals surface area contributed by atoms with Crippen LogP contribution in [0.3, 0.4) is 0 Å². The average Bonchev–Trinajstić information content (AvgIpc) is 3.05. The predicted molar refractivity (Wildman–Crippen MR) is 87.3 cm³/mol. The zero-order valence-electron chi connectivity index (χ0n) is 12.2. The van der Waals surface area contributed by atoms with Gasteiger partial charge in [-0.05, 0) is 38.9 Å². The molecule has 1 aliphatic rings. The van der Waals surface area contributed by atoms with Crippen molar-refractivity contribution in [2.75, 3.05) is 25.5 Å². The minimum absolute atomic E-state index is 0.333. The van der Waals surface area contributed by atoms with Crippen LogP contribution < -0.4 is 0 Å². The molecule has 2 aromatic rings. The minimum atomic E-state index is 0.333. The largest absolute Gasteiger partial charge is 0.309 e.